The Hall–Kier alpha value is 1.38. The zero-order chi connectivity index (χ0) is 15.6. The molecule has 8 nitrogen and oxygen atoms in total. The van der Waals surface area contributed by atoms with Gasteiger partial charge in [0.1, 0.15) is 0 Å². The van der Waals surface area contributed by atoms with Crippen molar-refractivity contribution in [2.24, 2.45) is 0 Å². The lowest BCUT2D eigenvalue weighted by Crippen LogP contribution is -1.84. The van der Waals surface area contributed by atoms with Crippen LogP contribution in [0.25, 0.3) is 0 Å². The SMILES string of the molecule is Nc1nc(SSSSSSSSSSc2n[nH]c(N)n2)n[nH]1. The van der Waals surface area contributed by atoms with Crippen molar-refractivity contribution in [1.82, 2.24) is 30.4 Å². The van der Waals surface area contributed by atoms with Crippen LogP contribution in [0, 0.1) is 0 Å². The summed E-state index contributed by atoms with van der Waals surface area (Å²) in [6.45, 7) is 0. The number of anilines is 2. The number of nitrogen functional groups attached to an aromatic ring is 2. The molecule has 0 amide bonds. The first kappa shape index (κ1) is 19.7. The second-order valence-electron chi connectivity index (χ2n) is 2.72. The van der Waals surface area contributed by atoms with Crippen molar-refractivity contribution in [3.63, 3.8) is 0 Å². The number of rotatable bonds is 11. The molecule has 122 valence electrons. The van der Waals surface area contributed by atoms with Crippen molar-refractivity contribution >= 4 is 112 Å². The van der Waals surface area contributed by atoms with Crippen LogP contribution in [0.5, 0.6) is 0 Å². The second-order valence-corrected chi connectivity index (χ2v) is 18.9. The number of aromatic amines is 2. The first-order valence-corrected chi connectivity index (χ1v) is 17.6. The molecule has 0 unspecified atom stereocenters. The maximum absolute atomic E-state index is 5.43. The first-order chi connectivity index (χ1) is 10.7. The van der Waals surface area contributed by atoms with Crippen molar-refractivity contribution in [2.45, 2.75) is 10.3 Å². The van der Waals surface area contributed by atoms with E-state index in [9.17, 15) is 0 Å². The molecule has 0 fully saturated rings. The number of nitrogens with two attached hydrogens (primary N) is 2. The molecule has 2 rings (SSSR count). The molecule has 0 radical (unpaired) electrons. The fraction of sp³-hybridized carbons (Fsp3) is 0. The molecule has 0 aromatic carbocycles. The molecule has 18 heteroatoms. The number of hydrogen-bond acceptors (Lipinski definition) is 16. The second kappa shape index (κ2) is 11.9. The molecular formula is C4H6N8S10. The van der Waals surface area contributed by atoms with Gasteiger partial charge >= 0.3 is 0 Å². The van der Waals surface area contributed by atoms with Crippen LogP contribution in [-0.2, 0) is 0 Å². The van der Waals surface area contributed by atoms with E-state index in [1.807, 2.05) is 0 Å². The van der Waals surface area contributed by atoms with Gasteiger partial charge in [0, 0.05) is 0 Å². The predicted molar refractivity (Wildman–Crippen MR) is 114 cm³/mol. The highest BCUT2D eigenvalue weighted by Gasteiger charge is 2.04. The van der Waals surface area contributed by atoms with Gasteiger partial charge in [-0.1, -0.05) is 0 Å². The highest BCUT2D eigenvalue weighted by molar-refractivity contribution is 9.52. The van der Waals surface area contributed by atoms with Crippen molar-refractivity contribution in [3.05, 3.63) is 0 Å². The summed E-state index contributed by atoms with van der Waals surface area (Å²) in [6.07, 6.45) is 0. The monoisotopic (exact) mass is 486 g/mol. The molecule has 22 heavy (non-hydrogen) atoms. The van der Waals surface area contributed by atoms with Gasteiger partial charge < -0.3 is 11.5 Å². The van der Waals surface area contributed by atoms with Crippen LogP contribution in [0.3, 0.4) is 0 Å². The Labute approximate surface area is 162 Å². The molecule has 0 aliphatic carbocycles. The van der Waals surface area contributed by atoms with Crippen LogP contribution in [-0.4, -0.2) is 30.4 Å². The summed E-state index contributed by atoms with van der Waals surface area (Å²) in [7, 11) is 16.2. The van der Waals surface area contributed by atoms with E-state index in [0.717, 1.165) is 0 Å². The van der Waals surface area contributed by atoms with E-state index in [4.69, 9.17) is 11.5 Å². The zero-order valence-corrected chi connectivity index (χ0v) is 18.2. The van der Waals surface area contributed by atoms with Crippen molar-refractivity contribution < 1.29 is 0 Å². The van der Waals surface area contributed by atoms with Gasteiger partial charge in [0.2, 0.25) is 22.2 Å². The van der Waals surface area contributed by atoms with E-state index < -0.39 is 0 Å². The van der Waals surface area contributed by atoms with Gasteiger partial charge in [-0.15, -0.1) is 10.2 Å². The van der Waals surface area contributed by atoms with Crippen molar-refractivity contribution in [3.8, 4) is 0 Å². The first-order valence-electron chi connectivity index (χ1n) is 4.77. The maximum atomic E-state index is 5.43. The third-order valence-electron chi connectivity index (χ3n) is 1.38. The zero-order valence-electron chi connectivity index (χ0n) is 10.0. The molecule has 0 saturated carbocycles. The number of nitrogens with one attached hydrogen (secondary N) is 2. The number of hydrogen-bond donors (Lipinski definition) is 4. The Morgan fingerprint density at radius 3 is 1.27 bits per heavy atom. The summed E-state index contributed by atoms with van der Waals surface area (Å²) >= 11 is 0. The Kier molecular flexibility index (Phi) is 10.6. The molecular weight excluding hydrogens is 481 g/mol. The highest BCUT2D eigenvalue weighted by atomic mass is 34.0. The lowest BCUT2D eigenvalue weighted by molar-refractivity contribution is 0.979. The fourth-order valence-corrected chi connectivity index (χ4v) is 21.9. The van der Waals surface area contributed by atoms with Gasteiger partial charge in [-0.25, -0.2) is 10.2 Å². The van der Waals surface area contributed by atoms with Crippen LogP contribution in [0.1, 0.15) is 0 Å². The number of aromatic nitrogens is 6. The summed E-state index contributed by atoms with van der Waals surface area (Å²) in [5.74, 6) is 0.671. The minimum absolute atomic E-state index is 0.335. The average Bonchev–Trinajstić information content (AvgIpc) is 3.09. The standard InChI is InChI=1S/C4H6N8S10/c5-1-7-3(11-9-1)13-15-17-19-21-22-20-18-16-14-4-8-2(6)10-12-4/h(H3,5,7,9,11)(H3,6,8,10,12). The van der Waals surface area contributed by atoms with Gasteiger partial charge in [-0.2, -0.15) is 9.97 Å². The highest BCUT2D eigenvalue weighted by Crippen LogP contribution is 2.60. The summed E-state index contributed by atoms with van der Waals surface area (Å²) in [6, 6.07) is 0. The van der Waals surface area contributed by atoms with Crippen molar-refractivity contribution in [2.75, 3.05) is 11.5 Å². The van der Waals surface area contributed by atoms with Gasteiger partial charge in [-0.05, 0) is 100 Å². The molecule has 0 atom stereocenters. The average molecular weight is 487 g/mol. The van der Waals surface area contributed by atoms with Gasteiger partial charge in [0.25, 0.3) is 0 Å². The Balaban J connectivity index is 1.37. The molecule has 2 aromatic rings. The smallest absolute Gasteiger partial charge is 0.221 e. The van der Waals surface area contributed by atoms with E-state index in [1.165, 1.54) is 21.6 Å². The summed E-state index contributed by atoms with van der Waals surface area (Å²) in [5, 5.41) is 14.3. The van der Waals surface area contributed by atoms with E-state index in [0.29, 0.717) is 22.2 Å². The number of nitrogens with zero attached hydrogens (tertiary/aromatic N) is 4. The van der Waals surface area contributed by atoms with Gasteiger partial charge in [0.15, 0.2) is 0 Å². The molecule has 0 spiro atoms. The quantitative estimate of drug-likeness (QED) is 0.248. The van der Waals surface area contributed by atoms with Gasteiger partial charge in [-0.3, -0.25) is 0 Å². The normalized spacial score (nSPS) is 11.1. The Morgan fingerprint density at radius 2 is 0.955 bits per heavy atom. The Morgan fingerprint density at radius 1 is 0.591 bits per heavy atom. The lowest BCUT2D eigenvalue weighted by Gasteiger charge is -1.96. The van der Waals surface area contributed by atoms with Gasteiger partial charge in [0.05, 0.1) is 0 Å². The fourth-order valence-electron chi connectivity index (χ4n) is 0.747. The molecule has 2 heterocycles. The summed E-state index contributed by atoms with van der Waals surface area (Å²) < 4.78 is 0. The molecule has 0 bridgehead atoms. The lowest BCUT2D eigenvalue weighted by atomic mass is 11.1. The van der Waals surface area contributed by atoms with E-state index in [2.05, 4.69) is 30.4 Å². The third kappa shape index (κ3) is 8.47. The molecule has 0 saturated heterocycles. The largest absolute Gasteiger partial charge is 0.368 e. The maximum Gasteiger partial charge on any atom is 0.221 e. The molecule has 6 N–H and O–H groups in total. The predicted octanol–water partition coefficient (Wildman–Crippen LogP) is 5.07. The Bertz CT molecular complexity index is 496. The van der Waals surface area contributed by atoms with Crippen LogP contribution in [0.2, 0.25) is 0 Å². The minimum atomic E-state index is 0.335. The van der Waals surface area contributed by atoms with Crippen LogP contribution >= 0.6 is 100 Å². The van der Waals surface area contributed by atoms with E-state index in [1.54, 1.807) is 78.6 Å². The number of H-pyrrole nitrogens is 2. The van der Waals surface area contributed by atoms with Crippen molar-refractivity contribution in [1.29, 1.82) is 0 Å². The summed E-state index contributed by atoms with van der Waals surface area (Å²) in [4.78, 5) is 7.98. The third-order valence-corrected chi connectivity index (χ3v) is 20.3. The van der Waals surface area contributed by atoms with E-state index >= 15 is 0 Å². The van der Waals surface area contributed by atoms with Crippen LogP contribution in [0.15, 0.2) is 10.3 Å². The molecule has 0 aliphatic rings. The molecule has 2 aromatic heterocycles. The van der Waals surface area contributed by atoms with E-state index in [-0.39, 0.29) is 0 Å². The minimum Gasteiger partial charge on any atom is -0.368 e. The molecule has 0 aliphatic heterocycles. The van der Waals surface area contributed by atoms with Crippen LogP contribution in [0.4, 0.5) is 11.9 Å². The summed E-state index contributed by atoms with van der Waals surface area (Å²) in [5.41, 5.74) is 10.9. The topological polar surface area (TPSA) is 135 Å². The van der Waals surface area contributed by atoms with Crippen LogP contribution < -0.4 is 11.5 Å².